The maximum atomic E-state index is 13.0. The summed E-state index contributed by atoms with van der Waals surface area (Å²) in [6, 6.07) is 9.12. The Morgan fingerprint density at radius 3 is 2.43 bits per heavy atom. The van der Waals surface area contributed by atoms with Gasteiger partial charge in [0.2, 0.25) is 5.91 Å². The Balaban J connectivity index is 2.26. The zero-order valence-corrected chi connectivity index (χ0v) is 16.7. The molecule has 0 fully saturated rings. The lowest BCUT2D eigenvalue weighted by Crippen LogP contribution is -2.24. The molecule has 1 amide bonds. The van der Waals surface area contributed by atoms with Gasteiger partial charge in [0.1, 0.15) is 5.69 Å². The molecule has 2 N–H and O–H groups in total. The van der Waals surface area contributed by atoms with Crippen LogP contribution < -0.4 is 10.9 Å². The van der Waals surface area contributed by atoms with Gasteiger partial charge in [0, 0.05) is 20.6 Å². The molecule has 1 aromatic heterocycles. The summed E-state index contributed by atoms with van der Waals surface area (Å²) in [6.07, 6.45) is 0.484. The molecule has 0 aliphatic heterocycles. The third-order valence-electron chi connectivity index (χ3n) is 4.59. The van der Waals surface area contributed by atoms with E-state index >= 15 is 0 Å². The predicted molar refractivity (Wildman–Crippen MR) is 106 cm³/mol. The van der Waals surface area contributed by atoms with Crippen molar-refractivity contribution in [2.24, 2.45) is 12.5 Å². The summed E-state index contributed by atoms with van der Waals surface area (Å²) in [4.78, 5) is 36.3. The normalized spacial score (nSPS) is 11.4. The standard InChI is InChI=1S/C20H27N3O5/c1-20(2,12-17(25)26)11-10-16(24)21-18-15(13-28-4)22(3)23(19(18)27)14-8-6-5-7-9-14/h5-9H,10-13H2,1-4H3,(H,21,24)(H,25,26). The van der Waals surface area contributed by atoms with E-state index < -0.39 is 11.4 Å². The molecule has 1 heterocycles. The molecule has 0 saturated carbocycles. The number of amides is 1. The summed E-state index contributed by atoms with van der Waals surface area (Å²) in [7, 11) is 3.25. The van der Waals surface area contributed by atoms with Gasteiger partial charge in [-0.15, -0.1) is 0 Å². The molecular weight excluding hydrogens is 362 g/mol. The van der Waals surface area contributed by atoms with Crippen LogP contribution in [0.4, 0.5) is 5.69 Å². The fourth-order valence-corrected chi connectivity index (χ4v) is 3.09. The van der Waals surface area contributed by atoms with Crippen LogP contribution in [0.5, 0.6) is 0 Å². The lowest BCUT2D eigenvalue weighted by Gasteiger charge is -2.21. The van der Waals surface area contributed by atoms with E-state index in [0.717, 1.165) is 0 Å². The minimum atomic E-state index is -0.901. The summed E-state index contributed by atoms with van der Waals surface area (Å²) in [5, 5.41) is 11.7. The SMILES string of the molecule is COCc1c(NC(=O)CCC(C)(C)CC(=O)O)c(=O)n(-c2ccccc2)n1C. The molecular formula is C20H27N3O5. The first-order valence-electron chi connectivity index (χ1n) is 9.03. The van der Waals surface area contributed by atoms with Crippen molar-refractivity contribution >= 4 is 17.6 Å². The number of ether oxygens (including phenoxy) is 1. The highest BCUT2D eigenvalue weighted by molar-refractivity contribution is 5.91. The fourth-order valence-electron chi connectivity index (χ4n) is 3.09. The highest BCUT2D eigenvalue weighted by Crippen LogP contribution is 2.27. The van der Waals surface area contributed by atoms with Gasteiger partial charge in [0.25, 0.3) is 5.56 Å². The van der Waals surface area contributed by atoms with Crippen molar-refractivity contribution < 1.29 is 19.4 Å². The monoisotopic (exact) mass is 389 g/mol. The summed E-state index contributed by atoms with van der Waals surface area (Å²) in [6.45, 7) is 3.76. The van der Waals surface area contributed by atoms with Gasteiger partial charge < -0.3 is 15.2 Å². The van der Waals surface area contributed by atoms with Gasteiger partial charge in [-0.2, -0.15) is 0 Å². The number of methoxy groups -OCH3 is 1. The van der Waals surface area contributed by atoms with Crippen molar-refractivity contribution in [2.45, 2.75) is 39.7 Å². The number of carboxylic acid groups (broad SMARTS) is 1. The molecule has 0 saturated heterocycles. The highest BCUT2D eigenvalue weighted by atomic mass is 16.5. The number of benzene rings is 1. The number of aromatic nitrogens is 2. The van der Waals surface area contributed by atoms with Crippen molar-refractivity contribution in [3.63, 3.8) is 0 Å². The summed E-state index contributed by atoms with van der Waals surface area (Å²) < 4.78 is 8.33. The molecule has 8 heteroatoms. The van der Waals surface area contributed by atoms with Crippen molar-refractivity contribution in [3.8, 4) is 5.69 Å². The Bertz CT molecular complexity index is 897. The number of carboxylic acids is 1. The summed E-state index contributed by atoms with van der Waals surface area (Å²) in [5.41, 5.74) is 0.539. The van der Waals surface area contributed by atoms with E-state index in [-0.39, 0.29) is 36.6 Å². The molecule has 0 radical (unpaired) electrons. The van der Waals surface area contributed by atoms with Crippen LogP contribution in [0, 0.1) is 5.41 Å². The van der Waals surface area contributed by atoms with Crippen LogP contribution in [-0.4, -0.2) is 33.5 Å². The second-order valence-corrected chi connectivity index (χ2v) is 7.51. The van der Waals surface area contributed by atoms with Gasteiger partial charge in [-0.3, -0.25) is 19.1 Å². The van der Waals surface area contributed by atoms with Gasteiger partial charge in [-0.25, -0.2) is 4.68 Å². The van der Waals surface area contributed by atoms with Crippen LogP contribution in [0.15, 0.2) is 35.1 Å². The molecule has 2 rings (SSSR count). The van der Waals surface area contributed by atoms with Crippen LogP contribution in [0.1, 0.15) is 38.8 Å². The minimum Gasteiger partial charge on any atom is -0.481 e. The maximum Gasteiger partial charge on any atom is 0.303 e. The minimum absolute atomic E-state index is 0.0264. The van der Waals surface area contributed by atoms with Crippen molar-refractivity contribution in [1.82, 2.24) is 9.36 Å². The van der Waals surface area contributed by atoms with Crippen LogP contribution in [0.25, 0.3) is 5.69 Å². The van der Waals surface area contributed by atoms with E-state index in [2.05, 4.69) is 5.32 Å². The van der Waals surface area contributed by atoms with Crippen molar-refractivity contribution in [3.05, 3.63) is 46.4 Å². The zero-order valence-electron chi connectivity index (χ0n) is 16.7. The first-order valence-corrected chi connectivity index (χ1v) is 9.03. The lowest BCUT2D eigenvalue weighted by atomic mass is 9.84. The van der Waals surface area contributed by atoms with Crippen LogP contribution in [0.3, 0.4) is 0 Å². The predicted octanol–water partition coefficient (Wildman–Crippen LogP) is 2.54. The topological polar surface area (TPSA) is 103 Å². The quantitative estimate of drug-likeness (QED) is 0.686. The molecule has 0 aliphatic carbocycles. The zero-order chi connectivity index (χ0) is 20.9. The molecule has 1 aromatic carbocycles. The van der Waals surface area contributed by atoms with Gasteiger partial charge in [0.05, 0.1) is 24.4 Å². The van der Waals surface area contributed by atoms with Crippen LogP contribution >= 0.6 is 0 Å². The average molecular weight is 389 g/mol. The number of nitrogens with one attached hydrogen (secondary N) is 1. The summed E-state index contributed by atoms with van der Waals surface area (Å²) in [5.74, 6) is -1.24. The number of aliphatic carboxylic acids is 1. The number of hydrogen-bond donors (Lipinski definition) is 2. The molecule has 0 unspecified atom stereocenters. The number of nitrogens with zero attached hydrogens (tertiary/aromatic N) is 2. The fraction of sp³-hybridized carbons (Fsp3) is 0.450. The molecule has 0 aliphatic rings. The Morgan fingerprint density at radius 1 is 1.21 bits per heavy atom. The largest absolute Gasteiger partial charge is 0.481 e. The van der Waals surface area contributed by atoms with Crippen LogP contribution in [-0.2, 0) is 28.0 Å². The number of hydrogen-bond acceptors (Lipinski definition) is 4. The number of carbonyl (C=O) groups is 2. The Labute approximate surface area is 163 Å². The first-order chi connectivity index (χ1) is 13.2. The Hall–Kier alpha value is -2.87. The third kappa shape index (κ3) is 5.10. The summed E-state index contributed by atoms with van der Waals surface area (Å²) >= 11 is 0. The van der Waals surface area contributed by atoms with Gasteiger partial charge in [-0.1, -0.05) is 32.0 Å². The van der Waals surface area contributed by atoms with Crippen molar-refractivity contribution in [1.29, 1.82) is 0 Å². The number of rotatable bonds is 9. The van der Waals surface area contributed by atoms with E-state index in [9.17, 15) is 14.4 Å². The lowest BCUT2D eigenvalue weighted by molar-refractivity contribution is -0.139. The van der Waals surface area contributed by atoms with Gasteiger partial charge in [-0.05, 0) is 24.0 Å². The first kappa shape index (κ1) is 21.4. The average Bonchev–Trinajstić information content (AvgIpc) is 2.84. The van der Waals surface area contributed by atoms with E-state index in [1.807, 2.05) is 18.2 Å². The molecule has 8 nitrogen and oxygen atoms in total. The molecule has 152 valence electrons. The van der Waals surface area contributed by atoms with Gasteiger partial charge in [0.15, 0.2) is 0 Å². The van der Waals surface area contributed by atoms with Crippen LogP contribution in [0.2, 0.25) is 0 Å². The van der Waals surface area contributed by atoms with E-state index in [0.29, 0.717) is 17.8 Å². The van der Waals surface area contributed by atoms with E-state index in [4.69, 9.17) is 9.84 Å². The highest BCUT2D eigenvalue weighted by Gasteiger charge is 2.25. The van der Waals surface area contributed by atoms with E-state index in [1.165, 1.54) is 11.8 Å². The Morgan fingerprint density at radius 2 is 1.86 bits per heavy atom. The number of carbonyl (C=O) groups excluding carboxylic acids is 1. The van der Waals surface area contributed by atoms with E-state index in [1.54, 1.807) is 37.7 Å². The smallest absolute Gasteiger partial charge is 0.303 e. The molecule has 0 atom stereocenters. The van der Waals surface area contributed by atoms with Gasteiger partial charge >= 0.3 is 5.97 Å². The molecule has 0 bridgehead atoms. The molecule has 2 aromatic rings. The Kier molecular flexibility index (Phi) is 6.80. The maximum absolute atomic E-state index is 13.0. The molecule has 0 spiro atoms. The third-order valence-corrected chi connectivity index (χ3v) is 4.59. The second-order valence-electron chi connectivity index (χ2n) is 7.51. The van der Waals surface area contributed by atoms with Crippen molar-refractivity contribution in [2.75, 3.05) is 12.4 Å². The second kappa shape index (κ2) is 8.88. The molecule has 28 heavy (non-hydrogen) atoms. The number of para-hydroxylation sites is 1. The number of anilines is 1.